The smallest absolute Gasteiger partial charge is 0.315 e. The molecule has 114 valence electrons. The van der Waals surface area contributed by atoms with Crippen LogP contribution in [0.25, 0.3) is 0 Å². The van der Waals surface area contributed by atoms with Crippen LogP contribution in [0.15, 0.2) is 0 Å². The summed E-state index contributed by atoms with van der Waals surface area (Å²) in [6, 6.07) is -0.210. The monoisotopic (exact) mass is 282 g/mol. The molecule has 2 rings (SSSR count). The molecule has 0 spiro atoms. The Balaban J connectivity index is 1.86. The maximum Gasteiger partial charge on any atom is 0.315 e. The first kappa shape index (κ1) is 15.1. The van der Waals surface area contributed by atoms with Crippen molar-refractivity contribution in [2.75, 3.05) is 6.54 Å². The Kier molecular flexibility index (Phi) is 4.55. The minimum Gasteiger partial charge on any atom is -0.481 e. The number of hydrogen-bond donors (Lipinski definition) is 3. The first-order valence-electron chi connectivity index (χ1n) is 7.81. The summed E-state index contributed by atoms with van der Waals surface area (Å²) in [6.45, 7) is 2.33. The molecule has 5 nitrogen and oxygen atoms in total. The summed E-state index contributed by atoms with van der Waals surface area (Å²) in [5.74, 6) is -0.772. The van der Waals surface area contributed by atoms with Crippen LogP contribution in [-0.2, 0) is 4.79 Å². The van der Waals surface area contributed by atoms with Gasteiger partial charge in [-0.2, -0.15) is 0 Å². The number of aliphatic carboxylic acids is 1. The van der Waals surface area contributed by atoms with E-state index >= 15 is 0 Å². The van der Waals surface area contributed by atoms with Crippen molar-refractivity contribution in [3.05, 3.63) is 0 Å². The van der Waals surface area contributed by atoms with Crippen molar-refractivity contribution in [3.63, 3.8) is 0 Å². The van der Waals surface area contributed by atoms with Crippen molar-refractivity contribution in [2.24, 2.45) is 5.41 Å². The molecular weight excluding hydrogens is 256 g/mol. The van der Waals surface area contributed by atoms with Gasteiger partial charge in [0.15, 0.2) is 0 Å². The topological polar surface area (TPSA) is 78.4 Å². The zero-order chi connectivity index (χ0) is 14.6. The van der Waals surface area contributed by atoms with Gasteiger partial charge in [-0.25, -0.2) is 4.79 Å². The third-order valence-electron chi connectivity index (χ3n) is 5.22. The van der Waals surface area contributed by atoms with Crippen molar-refractivity contribution in [3.8, 4) is 0 Å². The Labute approximate surface area is 120 Å². The Morgan fingerprint density at radius 3 is 2.15 bits per heavy atom. The van der Waals surface area contributed by atoms with E-state index < -0.39 is 11.4 Å². The van der Waals surface area contributed by atoms with Crippen LogP contribution < -0.4 is 10.6 Å². The minimum atomic E-state index is -0.772. The lowest BCUT2D eigenvalue weighted by molar-refractivity contribution is -0.150. The Hall–Kier alpha value is -1.26. The number of amides is 2. The predicted molar refractivity (Wildman–Crippen MR) is 76.6 cm³/mol. The van der Waals surface area contributed by atoms with Gasteiger partial charge in [-0.3, -0.25) is 4.79 Å². The van der Waals surface area contributed by atoms with Gasteiger partial charge in [0, 0.05) is 12.1 Å². The standard InChI is InChI=1S/C15H26N2O3/c1-2-15(9-6-10-15)17-13(20)16-11-14(12(18)19)7-4-3-5-8-14/h2-11H2,1H3,(H,18,19)(H2,16,17,20). The van der Waals surface area contributed by atoms with Gasteiger partial charge in [-0.05, 0) is 38.5 Å². The van der Waals surface area contributed by atoms with Gasteiger partial charge in [0.25, 0.3) is 0 Å². The van der Waals surface area contributed by atoms with Crippen LogP contribution in [0.1, 0.15) is 64.7 Å². The maximum absolute atomic E-state index is 12.0. The van der Waals surface area contributed by atoms with Crippen molar-refractivity contribution in [1.29, 1.82) is 0 Å². The average Bonchev–Trinajstić information content (AvgIpc) is 2.41. The van der Waals surface area contributed by atoms with Crippen LogP contribution in [0.4, 0.5) is 4.79 Å². The van der Waals surface area contributed by atoms with Crippen molar-refractivity contribution in [2.45, 2.75) is 70.3 Å². The molecule has 0 aromatic heterocycles. The van der Waals surface area contributed by atoms with E-state index in [1.165, 1.54) is 0 Å². The second kappa shape index (κ2) is 6.02. The van der Waals surface area contributed by atoms with Gasteiger partial charge in [-0.15, -0.1) is 0 Å². The molecule has 0 saturated heterocycles. The van der Waals surface area contributed by atoms with Gasteiger partial charge in [-0.1, -0.05) is 26.2 Å². The Bertz CT molecular complexity index is 366. The molecule has 20 heavy (non-hydrogen) atoms. The number of nitrogens with one attached hydrogen (secondary N) is 2. The molecule has 2 saturated carbocycles. The lowest BCUT2D eigenvalue weighted by Gasteiger charge is -2.42. The van der Waals surface area contributed by atoms with Crippen molar-refractivity contribution < 1.29 is 14.7 Å². The van der Waals surface area contributed by atoms with Crippen LogP contribution in [0.5, 0.6) is 0 Å². The Morgan fingerprint density at radius 1 is 1.05 bits per heavy atom. The fourth-order valence-corrected chi connectivity index (χ4v) is 3.40. The van der Waals surface area contributed by atoms with Crippen LogP contribution in [0.2, 0.25) is 0 Å². The van der Waals surface area contributed by atoms with Gasteiger partial charge in [0.1, 0.15) is 0 Å². The third-order valence-corrected chi connectivity index (χ3v) is 5.22. The zero-order valence-electron chi connectivity index (χ0n) is 12.3. The number of carboxylic acids is 1. The lowest BCUT2D eigenvalue weighted by Crippen LogP contribution is -2.57. The average molecular weight is 282 g/mol. The highest BCUT2D eigenvalue weighted by Gasteiger charge is 2.41. The SMILES string of the molecule is CCC1(NC(=O)NCC2(C(=O)O)CCCCC2)CCC1. The first-order valence-corrected chi connectivity index (χ1v) is 7.81. The summed E-state index contributed by atoms with van der Waals surface area (Å²) in [6.07, 6.45) is 8.46. The summed E-state index contributed by atoms with van der Waals surface area (Å²) in [5, 5.41) is 15.3. The second-order valence-electron chi connectivity index (χ2n) is 6.44. The minimum absolute atomic E-state index is 0.0486. The molecule has 0 atom stereocenters. The quantitative estimate of drug-likeness (QED) is 0.725. The van der Waals surface area contributed by atoms with Crippen LogP contribution in [0, 0.1) is 5.41 Å². The molecule has 0 unspecified atom stereocenters. The molecule has 2 aliphatic rings. The lowest BCUT2D eigenvalue weighted by atomic mass is 9.74. The van der Waals surface area contributed by atoms with E-state index in [-0.39, 0.29) is 18.1 Å². The molecule has 0 bridgehead atoms. The molecule has 0 aliphatic heterocycles. The normalized spacial score (nSPS) is 23.4. The van der Waals surface area contributed by atoms with E-state index in [0.29, 0.717) is 12.8 Å². The molecule has 0 aromatic rings. The van der Waals surface area contributed by atoms with Gasteiger partial charge in [0.05, 0.1) is 5.41 Å². The second-order valence-corrected chi connectivity index (χ2v) is 6.44. The molecular formula is C15H26N2O3. The highest BCUT2D eigenvalue weighted by Crippen LogP contribution is 2.36. The van der Waals surface area contributed by atoms with E-state index in [1.807, 2.05) is 0 Å². The third kappa shape index (κ3) is 3.07. The maximum atomic E-state index is 12.0. The van der Waals surface area contributed by atoms with Crippen molar-refractivity contribution in [1.82, 2.24) is 10.6 Å². The highest BCUT2D eigenvalue weighted by atomic mass is 16.4. The molecule has 3 N–H and O–H groups in total. The number of carbonyl (C=O) groups is 2. The van der Waals surface area contributed by atoms with Gasteiger partial charge in [0.2, 0.25) is 0 Å². The van der Waals surface area contributed by atoms with Crippen molar-refractivity contribution >= 4 is 12.0 Å². The molecule has 0 aromatic carbocycles. The first-order chi connectivity index (χ1) is 9.52. The molecule has 2 aliphatic carbocycles. The van der Waals surface area contributed by atoms with Gasteiger partial charge < -0.3 is 15.7 Å². The molecule has 2 fully saturated rings. The van der Waals surface area contributed by atoms with Gasteiger partial charge >= 0.3 is 12.0 Å². The summed E-state index contributed by atoms with van der Waals surface area (Å²) in [5.41, 5.74) is -0.804. The summed E-state index contributed by atoms with van der Waals surface area (Å²) >= 11 is 0. The van der Waals surface area contributed by atoms with E-state index in [4.69, 9.17) is 0 Å². The molecule has 2 amide bonds. The zero-order valence-corrected chi connectivity index (χ0v) is 12.3. The van der Waals surface area contributed by atoms with E-state index in [0.717, 1.165) is 44.9 Å². The Morgan fingerprint density at radius 2 is 1.70 bits per heavy atom. The number of carboxylic acid groups (broad SMARTS) is 1. The summed E-state index contributed by atoms with van der Waals surface area (Å²) in [4.78, 5) is 23.5. The summed E-state index contributed by atoms with van der Waals surface area (Å²) < 4.78 is 0. The van der Waals surface area contributed by atoms with E-state index in [9.17, 15) is 14.7 Å². The highest BCUT2D eigenvalue weighted by molar-refractivity contribution is 5.78. The van der Waals surface area contributed by atoms with Crippen LogP contribution in [-0.4, -0.2) is 29.2 Å². The number of rotatable bonds is 5. The largest absolute Gasteiger partial charge is 0.481 e. The predicted octanol–water partition coefficient (Wildman–Crippen LogP) is 2.65. The number of carbonyl (C=O) groups excluding carboxylic acids is 1. The van der Waals surface area contributed by atoms with E-state index in [2.05, 4.69) is 17.6 Å². The summed E-state index contributed by atoms with van der Waals surface area (Å²) in [7, 11) is 0. The van der Waals surface area contributed by atoms with Crippen LogP contribution in [0.3, 0.4) is 0 Å². The fraction of sp³-hybridized carbons (Fsp3) is 0.867. The molecule has 0 radical (unpaired) electrons. The number of hydrogen-bond acceptors (Lipinski definition) is 2. The number of urea groups is 1. The van der Waals surface area contributed by atoms with E-state index in [1.54, 1.807) is 0 Å². The molecule has 0 heterocycles. The fourth-order valence-electron chi connectivity index (χ4n) is 3.40. The molecule has 5 heteroatoms. The van der Waals surface area contributed by atoms with Crippen LogP contribution >= 0.6 is 0 Å².